The zero-order chi connectivity index (χ0) is 13.8. The number of hydrogen-bond acceptors (Lipinski definition) is 3. The molecule has 3 nitrogen and oxygen atoms in total. The molecule has 5 heteroatoms. The molecule has 1 atom stereocenters. The van der Waals surface area contributed by atoms with E-state index in [4.69, 9.17) is 4.74 Å². The first-order valence-corrected chi connectivity index (χ1v) is 7.36. The van der Waals surface area contributed by atoms with Gasteiger partial charge in [-0.25, -0.2) is 0 Å². The molecule has 1 aromatic heterocycles. The average Bonchev–Trinajstić information content (AvgIpc) is 2.42. The predicted octanol–water partition coefficient (Wildman–Crippen LogP) is 3.92. The SMILES string of the molecule is CNC(c1ccc(OC)cc1)c1ncc(Br)cc1Br. The molecular weight excluding hydrogens is 372 g/mol. The summed E-state index contributed by atoms with van der Waals surface area (Å²) in [6.07, 6.45) is 1.80. The lowest BCUT2D eigenvalue weighted by molar-refractivity contribution is 0.414. The number of ether oxygens (including phenoxy) is 1. The number of aromatic nitrogens is 1. The second-order valence-electron chi connectivity index (χ2n) is 4.02. The molecule has 0 radical (unpaired) electrons. The molecule has 0 aliphatic carbocycles. The number of hydrogen-bond donors (Lipinski definition) is 1. The molecule has 1 heterocycles. The van der Waals surface area contributed by atoms with E-state index in [1.165, 1.54) is 0 Å². The fourth-order valence-electron chi connectivity index (χ4n) is 1.90. The summed E-state index contributed by atoms with van der Waals surface area (Å²) in [5.74, 6) is 0.849. The molecule has 0 amide bonds. The van der Waals surface area contributed by atoms with Crippen molar-refractivity contribution in [3.63, 3.8) is 0 Å². The fourth-order valence-corrected chi connectivity index (χ4v) is 3.11. The van der Waals surface area contributed by atoms with Crippen LogP contribution in [0.25, 0.3) is 0 Å². The fraction of sp³-hybridized carbons (Fsp3) is 0.214. The quantitative estimate of drug-likeness (QED) is 0.865. The Bertz CT molecular complexity index is 558. The maximum absolute atomic E-state index is 5.18. The van der Waals surface area contributed by atoms with E-state index < -0.39 is 0 Å². The number of nitrogens with one attached hydrogen (secondary N) is 1. The van der Waals surface area contributed by atoms with Crippen LogP contribution >= 0.6 is 31.9 Å². The molecule has 0 bridgehead atoms. The number of pyridine rings is 1. The third kappa shape index (κ3) is 3.35. The van der Waals surface area contributed by atoms with E-state index in [-0.39, 0.29) is 6.04 Å². The molecule has 2 rings (SSSR count). The predicted molar refractivity (Wildman–Crippen MR) is 83.5 cm³/mol. The number of methoxy groups -OCH3 is 1. The zero-order valence-electron chi connectivity index (χ0n) is 10.7. The van der Waals surface area contributed by atoms with Gasteiger partial charge in [-0.15, -0.1) is 0 Å². The van der Waals surface area contributed by atoms with E-state index in [0.717, 1.165) is 26.0 Å². The Hall–Kier alpha value is -0.910. The first-order valence-electron chi connectivity index (χ1n) is 5.78. The van der Waals surface area contributed by atoms with Crippen LogP contribution in [-0.4, -0.2) is 19.1 Å². The van der Waals surface area contributed by atoms with E-state index in [1.54, 1.807) is 13.3 Å². The highest BCUT2D eigenvalue weighted by atomic mass is 79.9. The summed E-state index contributed by atoms with van der Waals surface area (Å²) in [6, 6.07) is 10.0. The van der Waals surface area contributed by atoms with Crippen LogP contribution in [-0.2, 0) is 0 Å². The first-order chi connectivity index (χ1) is 9.15. The molecule has 19 heavy (non-hydrogen) atoms. The zero-order valence-corrected chi connectivity index (χ0v) is 13.8. The Morgan fingerprint density at radius 3 is 2.42 bits per heavy atom. The van der Waals surface area contributed by atoms with Crippen molar-refractivity contribution in [2.24, 2.45) is 0 Å². The van der Waals surface area contributed by atoms with Crippen LogP contribution in [0.3, 0.4) is 0 Å². The summed E-state index contributed by atoms with van der Waals surface area (Å²) in [6.45, 7) is 0. The van der Waals surface area contributed by atoms with E-state index in [1.807, 2.05) is 37.4 Å². The lowest BCUT2D eigenvalue weighted by Gasteiger charge is -2.18. The van der Waals surface area contributed by atoms with Gasteiger partial charge < -0.3 is 10.1 Å². The summed E-state index contributed by atoms with van der Waals surface area (Å²) >= 11 is 6.97. The number of halogens is 2. The third-order valence-electron chi connectivity index (χ3n) is 2.85. The van der Waals surface area contributed by atoms with Gasteiger partial charge in [-0.1, -0.05) is 12.1 Å². The maximum Gasteiger partial charge on any atom is 0.118 e. The summed E-state index contributed by atoms with van der Waals surface area (Å²) in [7, 11) is 3.59. The van der Waals surface area contributed by atoms with Gasteiger partial charge in [0.25, 0.3) is 0 Å². The normalized spacial score (nSPS) is 12.2. The average molecular weight is 386 g/mol. The Labute approximate surface area is 129 Å². The van der Waals surface area contributed by atoms with Gasteiger partial charge in [-0.3, -0.25) is 4.98 Å². The van der Waals surface area contributed by atoms with Crippen molar-refractivity contribution in [3.05, 3.63) is 56.7 Å². The molecule has 0 spiro atoms. The van der Waals surface area contributed by atoms with Crippen molar-refractivity contribution in [2.45, 2.75) is 6.04 Å². The molecule has 1 N–H and O–H groups in total. The van der Waals surface area contributed by atoms with Crippen LogP contribution in [0.15, 0.2) is 45.5 Å². The van der Waals surface area contributed by atoms with Crippen molar-refractivity contribution >= 4 is 31.9 Å². The Kier molecular flexibility index (Phi) is 4.96. The van der Waals surface area contributed by atoms with Crippen LogP contribution in [0.4, 0.5) is 0 Å². The number of nitrogens with zero attached hydrogens (tertiary/aromatic N) is 1. The number of benzene rings is 1. The molecule has 2 aromatic rings. The smallest absolute Gasteiger partial charge is 0.118 e. The largest absolute Gasteiger partial charge is 0.497 e. The molecule has 0 fully saturated rings. The highest BCUT2D eigenvalue weighted by Gasteiger charge is 2.16. The van der Waals surface area contributed by atoms with Gasteiger partial charge in [0.05, 0.1) is 18.8 Å². The second-order valence-corrected chi connectivity index (χ2v) is 5.79. The number of rotatable bonds is 4. The minimum atomic E-state index is 0.0355. The van der Waals surface area contributed by atoms with E-state index in [0.29, 0.717) is 0 Å². The Morgan fingerprint density at radius 1 is 1.21 bits per heavy atom. The topological polar surface area (TPSA) is 34.1 Å². The van der Waals surface area contributed by atoms with Gasteiger partial charge in [0, 0.05) is 15.1 Å². The van der Waals surface area contributed by atoms with Crippen molar-refractivity contribution in [3.8, 4) is 5.75 Å². The molecular formula is C14H14Br2N2O. The summed E-state index contributed by atoms with van der Waals surface area (Å²) in [5, 5.41) is 3.28. The molecule has 100 valence electrons. The first kappa shape index (κ1) is 14.5. The van der Waals surface area contributed by atoms with Crippen molar-refractivity contribution in [1.82, 2.24) is 10.3 Å². The standard InChI is InChI=1S/C14H14Br2N2O/c1-17-13(9-3-5-11(19-2)6-4-9)14-12(16)7-10(15)8-18-14/h3-8,13,17H,1-2H3. The monoisotopic (exact) mass is 384 g/mol. The van der Waals surface area contributed by atoms with Gasteiger partial charge in [0.15, 0.2) is 0 Å². The summed E-state index contributed by atoms with van der Waals surface area (Å²) in [5.41, 5.74) is 2.09. The van der Waals surface area contributed by atoms with Crippen LogP contribution < -0.4 is 10.1 Å². The minimum absolute atomic E-state index is 0.0355. The van der Waals surface area contributed by atoms with Gasteiger partial charge in [0.2, 0.25) is 0 Å². The molecule has 0 saturated heterocycles. The second kappa shape index (κ2) is 6.50. The van der Waals surface area contributed by atoms with Crippen LogP contribution in [0.5, 0.6) is 5.75 Å². The summed E-state index contributed by atoms with van der Waals surface area (Å²) < 4.78 is 7.10. The molecule has 0 saturated carbocycles. The van der Waals surface area contributed by atoms with E-state index in [2.05, 4.69) is 42.2 Å². The molecule has 0 aliphatic rings. The van der Waals surface area contributed by atoms with Crippen molar-refractivity contribution in [2.75, 3.05) is 14.2 Å². The van der Waals surface area contributed by atoms with Gasteiger partial charge in [-0.2, -0.15) is 0 Å². The van der Waals surface area contributed by atoms with Crippen LogP contribution in [0.2, 0.25) is 0 Å². The minimum Gasteiger partial charge on any atom is -0.497 e. The maximum atomic E-state index is 5.18. The van der Waals surface area contributed by atoms with Gasteiger partial charge in [-0.05, 0) is 62.7 Å². The van der Waals surface area contributed by atoms with Gasteiger partial charge >= 0.3 is 0 Å². The molecule has 1 aromatic carbocycles. The Balaban J connectivity index is 2.37. The van der Waals surface area contributed by atoms with Crippen molar-refractivity contribution in [1.29, 1.82) is 0 Å². The van der Waals surface area contributed by atoms with E-state index >= 15 is 0 Å². The van der Waals surface area contributed by atoms with E-state index in [9.17, 15) is 0 Å². The lowest BCUT2D eigenvalue weighted by atomic mass is 10.0. The summed E-state index contributed by atoms with van der Waals surface area (Å²) in [4.78, 5) is 4.48. The third-order valence-corrected chi connectivity index (χ3v) is 3.92. The molecule has 1 unspecified atom stereocenters. The molecule has 0 aliphatic heterocycles. The Morgan fingerprint density at radius 2 is 1.89 bits per heavy atom. The lowest BCUT2D eigenvalue weighted by Crippen LogP contribution is -2.19. The van der Waals surface area contributed by atoms with Crippen LogP contribution in [0.1, 0.15) is 17.3 Å². The van der Waals surface area contributed by atoms with Crippen LogP contribution in [0, 0.1) is 0 Å². The highest BCUT2D eigenvalue weighted by Crippen LogP contribution is 2.29. The highest BCUT2D eigenvalue weighted by molar-refractivity contribution is 9.11. The van der Waals surface area contributed by atoms with Crippen molar-refractivity contribution < 1.29 is 4.74 Å². The van der Waals surface area contributed by atoms with Gasteiger partial charge in [0.1, 0.15) is 5.75 Å².